The van der Waals surface area contributed by atoms with Crippen molar-refractivity contribution in [1.29, 1.82) is 0 Å². The van der Waals surface area contributed by atoms with Crippen LogP contribution in [0.4, 0.5) is 10.1 Å². The van der Waals surface area contributed by atoms with E-state index in [0.717, 1.165) is 12.6 Å². The molecule has 0 aromatic heterocycles. The molecule has 0 radical (unpaired) electrons. The number of carbonyl (C=O) groups is 2. The molecule has 1 aromatic rings. The Morgan fingerprint density at radius 1 is 1.45 bits per heavy atom. The summed E-state index contributed by atoms with van der Waals surface area (Å²) in [7, 11) is 0. The molecule has 0 spiro atoms. The molecule has 1 fully saturated rings. The zero-order valence-electron chi connectivity index (χ0n) is 11.1. The number of hydrogen-bond donors (Lipinski definition) is 3. The fourth-order valence-corrected chi connectivity index (χ4v) is 2.42. The molecular weight excluding hydrogens is 263 g/mol. The average Bonchev–Trinajstić information content (AvgIpc) is 2.40. The molecule has 2 unspecified atom stereocenters. The van der Waals surface area contributed by atoms with Crippen molar-refractivity contribution < 1.29 is 19.1 Å². The van der Waals surface area contributed by atoms with Crippen molar-refractivity contribution in [3.63, 3.8) is 0 Å². The number of carboxylic acids is 1. The van der Waals surface area contributed by atoms with Gasteiger partial charge in [0.05, 0.1) is 11.3 Å². The quantitative estimate of drug-likeness (QED) is 0.789. The van der Waals surface area contributed by atoms with Crippen molar-refractivity contribution in [1.82, 2.24) is 5.32 Å². The molecule has 0 saturated carbocycles. The van der Waals surface area contributed by atoms with Gasteiger partial charge in [0, 0.05) is 12.0 Å². The molecule has 2 rings (SSSR count). The number of rotatable bonds is 3. The van der Waals surface area contributed by atoms with Crippen LogP contribution in [0.1, 0.15) is 30.1 Å². The molecular formula is C14H17FN2O3. The highest BCUT2D eigenvalue weighted by Gasteiger charge is 2.26. The number of halogens is 1. The Hall–Kier alpha value is -1.95. The van der Waals surface area contributed by atoms with Crippen LogP contribution in [0, 0.1) is 11.7 Å². The van der Waals surface area contributed by atoms with E-state index in [1.165, 1.54) is 12.1 Å². The average molecular weight is 280 g/mol. The van der Waals surface area contributed by atoms with Gasteiger partial charge in [-0.25, -0.2) is 9.18 Å². The smallest absolute Gasteiger partial charge is 0.337 e. The molecule has 0 aliphatic carbocycles. The van der Waals surface area contributed by atoms with Crippen LogP contribution in [0.3, 0.4) is 0 Å². The van der Waals surface area contributed by atoms with Crippen molar-refractivity contribution in [3.8, 4) is 0 Å². The molecule has 1 aliphatic heterocycles. The molecule has 1 amide bonds. The van der Waals surface area contributed by atoms with E-state index in [-0.39, 0.29) is 29.1 Å². The molecule has 1 aliphatic rings. The van der Waals surface area contributed by atoms with Gasteiger partial charge in [-0.05, 0) is 38.4 Å². The third kappa shape index (κ3) is 3.14. The van der Waals surface area contributed by atoms with Gasteiger partial charge in [-0.1, -0.05) is 6.07 Å². The summed E-state index contributed by atoms with van der Waals surface area (Å²) >= 11 is 0. The van der Waals surface area contributed by atoms with Crippen LogP contribution in [-0.4, -0.2) is 29.6 Å². The summed E-state index contributed by atoms with van der Waals surface area (Å²) in [6.07, 6.45) is 1.32. The van der Waals surface area contributed by atoms with Gasteiger partial charge in [-0.2, -0.15) is 0 Å². The first-order valence-corrected chi connectivity index (χ1v) is 6.55. The summed E-state index contributed by atoms with van der Waals surface area (Å²) in [5.41, 5.74) is -0.489. The monoisotopic (exact) mass is 280 g/mol. The number of hydrogen-bond acceptors (Lipinski definition) is 3. The van der Waals surface area contributed by atoms with Crippen LogP contribution < -0.4 is 10.6 Å². The van der Waals surface area contributed by atoms with Crippen molar-refractivity contribution >= 4 is 17.6 Å². The molecule has 20 heavy (non-hydrogen) atoms. The van der Waals surface area contributed by atoms with Gasteiger partial charge in [0.2, 0.25) is 5.91 Å². The van der Waals surface area contributed by atoms with Crippen LogP contribution >= 0.6 is 0 Å². The summed E-state index contributed by atoms with van der Waals surface area (Å²) < 4.78 is 13.7. The highest BCUT2D eigenvalue weighted by Crippen LogP contribution is 2.23. The van der Waals surface area contributed by atoms with E-state index >= 15 is 0 Å². The lowest BCUT2D eigenvalue weighted by Crippen LogP contribution is -2.40. The first kappa shape index (κ1) is 14.5. The first-order chi connectivity index (χ1) is 9.49. The second-order valence-electron chi connectivity index (χ2n) is 5.03. The Morgan fingerprint density at radius 2 is 2.20 bits per heavy atom. The van der Waals surface area contributed by atoms with E-state index in [2.05, 4.69) is 10.6 Å². The van der Waals surface area contributed by atoms with Gasteiger partial charge >= 0.3 is 5.97 Å². The highest BCUT2D eigenvalue weighted by atomic mass is 19.1. The van der Waals surface area contributed by atoms with E-state index in [1.54, 1.807) is 0 Å². The molecule has 3 N–H and O–H groups in total. The standard InChI is InChI=1S/C14H17FN2O3/c1-8-7-9(5-6-16-8)13(18)17-12-10(14(19)20)3-2-4-11(12)15/h2-4,8-9,16H,5-7H2,1H3,(H,17,18)(H,19,20). The van der Waals surface area contributed by atoms with Gasteiger partial charge in [0.15, 0.2) is 0 Å². The lowest BCUT2D eigenvalue weighted by molar-refractivity contribution is -0.120. The highest BCUT2D eigenvalue weighted by molar-refractivity contribution is 6.01. The summed E-state index contributed by atoms with van der Waals surface area (Å²) in [4.78, 5) is 23.2. The van der Waals surface area contributed by atoms with Crippen LogP contribution in [0.25, 0.3) is 0 Å². The molecule has 0 bridgehead atoms. The number of carbonyl (C=O) groups excluding carboxylic acids is 1. The number of amides is 1. The zero-order valence-corrected chi connectivity index (χ0v) is 11.1. The van der Waals surface area contributed by atoms with E-state index in [9.17, 15) is 14.0 Å². The van der Waals surface area contributed by atoms with Gasteiger partial charge in [-0.15, -0.1) is 0 Å². The maximum Gasteiger partial charge on any atom is 0.337 e. The molecule has 1 heterocycles. The maximum atomic E-state index is 13.7. The molecule has 5 nitrogen and oxygen atoms in total. The fraction of sp³-hybridized carbons (Fsp3) is 0.429. The van der Waals surface area contributed by atoms with Gasteiger partial charge in [0.25, 0.3) is 0 Å². The molecule has 108 valence electrons. The minimum Gasteiger partial charge on any atom is -0.478 e. The summed E-state index contributed by atoms with van der Waals surface area (Å²) in [5, 5.41) is 14.7. The third-order valence-electron chi connectivity index (χ3n) is 3.49. The molecule has 2 atom stereocenters. The third-order valence-corrected chi connectivity index (χ3v) is 3.49. The normalized spacial score (nSPS) is 22.3. The Bertz CT molecular complexity index is 533. The van der Waals surface area contributed by atoms with Crippen molar-refractivity contribution in [2.24, 2.45) is 5.92 Å². The number of anilines is 1. The van der Waals surface area contributed by atoms with E-state index in [1.807, 2.05) is 6.92 Å². The fourth-order valence-electron chi connectivity index (χ4n) is 2.42. The SMILES string of the molecule is CC1CC(C(=O)Nc2c(F)cccc2C(=O)O)CCN1. The summed E-state index contributed by atoms with van der Waals surface area (Å²) in [6, 6.07) is 3.93. The minimum atomic E-state index is -1.27. The van der Waals surface area contributed by atoms with Crippen molar-refractivity contribution in [2.45, 2.75) is 25.8 Å². The van der Waals surface area contributed by atoms with E-state index < -0.39 is 11.8 Å². The Kier molecular flexibility index (Phi) is 4.34. The van der Waals surface area contributed by atoms with E-state index in [0.29, 0.717) is 12.8 Å². The van der Waals surface area contributed by atoms with Crippen LogP contribution in [0.2, 0.25) is 0 Å². The number of nitrogens with one attached hydrogen (secondary N) is 2. The number of para-hydroxylation sites is 1. The van der Waals surface area contributed by atoms with Gasteiger partial charge < -0.3 is 15.7 Å². The van der Waals surface area contributed by atoms with Crippen molar-refractivity contribution in [2.75, 3.05) is 11.9 Å². The minimum absolute atomic E-state index is 0.221. The summed E-state index contributed by atoms with van der Waals surface area (Å²) in [5.74, 6) is -2.56. The van der Waals surface area contributed by atoms with Crippen molar-refractivity contribution in [3.05, 3.63) is 29.6 Å². The van der Waals surface area contributed by atoms with Crippen LogP contribution in [0.15, 0.2) is 18.2 Å². The van der Waals surface area contributed by atoms with Crippen LogP contribution in [-0.2, 0) is 4.79 Å². The number of aromatic carboxylic acids is 1. The van der Waals surface area contributed by atoms with Crippen LogP contribution in [0.5, 0.6) is 0 Å². The maximum absolute atomic E-state index is 13.7. The molecule has 6 heteroatoms. The zero-order chi connectivity index (χ0) is 14.7. The Morgan fingerprint density at radius 3 is 2.85 bits per heavy atom. The number of carboxylic acid groups (broad SMARTS) is 1. The number of piperidine rings is 1. The topological polar surface area (TPSA) is 78.4 Å². The van der Waals surface area contributed by atoms with Gasteiger partial charge in [-0.3, -0.25) is 4.79 Å². The Balaban J connectivity index is 2.17. The summed E-state index contributed by atoms with van der Waals surface area (Å²) in [6.45, 7) is 2.70. The molecule has 1 saturated heterocycles. The first-order valence-electron chi connectivity index (χ1n) is 6.55. The Labute approximate surface area is 116 Å². The molecule has 1 aromatic carbocycles. The lowest BCUT2D eigenvalue weighted by atomic mass is 9.92. The predicted octanol–water partition coefficient (Wildman–Crippen LogP) is 1.85. The van der Waals surface area contributed by atoms with E-state index in [4.69, 9.17) is 5.11 Å². The lowest BCUT2D eigenvalue weighted by Gasteiger charge is -2.27. The largest absolute Gasteiger partial charge is 0.478 e. The van der Waals surface area contributed by atoms with Gasteiger partial charge in [0.1, 0.15) is 5.82 Å². The second-order valence-corrected chi connectivity index (χ2v) is 5.03. The number of benzene rings is 1. The predicted molar refractivity (Wildman–Crippen MR) is 72.2 cm³/mol. The second kappa shape index (κ2) is 6.00.